The molecule has 0 atom stereocenters. The van der Waals surface area contributed by atoms with Crippen LogP contribution in [0.2, 0.25) is 0 Å². The van der Waals surface area contributed by atoms with Crippen molar-refractivity contribution in [3.63, 3.8) is 0 Å². The van der Waals surface area contributed by atoms with Gasteiger partial charge in [0.15, 0.2) is 5.76 Å². The van der Waals surface area contributed by atoms with Crippen molar-refractivity contribution >= 4 is 17.3 Å². The molecule has 1 aromatic carbocycles. The number of amides is 1. The number of nitrogens with zero attached hydrogens (tertiary/aromatic N) is 4. The van der Waals surface area contributed by atoms with E-state index in [9.17, 15) is 4.79 Å². The first kappa shape index (κ1) is 18.2. The van der Waals surface area contributed by atoms with Crippen LogP contribution >= 0.6 is 0 Å². The molecule has 28 heavy (non-hydrogen) atoms. The number of carbonyl (C=O) groups is 1. The van der Waals surface area contributed by atoms with Gasteiger partial charge in [0.1, 0.15) is 0 Å². The lowest BCUT2D eigenvalue weighted by Crippen LogP contribution is -2.44. The Balaban J connectivity index is 1.27. The van der Waals surface area contributed by atoms with E-state index in [1.54, 1.807) is 18.4 Å². The van der Waals surface area contributed by atoms with Crippen LogP contribution in [0.5, 0.6) is 0 Å². The Morgan fingerprint density at radius 3 is 2.64 bits per heavy atom. The van der Waals surface area contributed by atoms with Crippen molar-refractivity contribution in [2.75, 3.05) is 43.4 Å². The Morgan fingerprint density at radius 1 is 1.14 bits per heavy atom. The Kier molecular flexibility index (Phi) is 5.38. The molecule has 1 aliphatic heterocycles. The minimum Gasteiger partial charge on any atom is -0.461 e. The number of piperazine rings is 1. The van der Waals surface area contributed by atoms with Crippen LogP contribution in [0.3, 0.4) is 0 Å². The average Bonchev–Trinajstić information content (AvgIpc) is 3.39. The van der Waals surface area contributed by atoms with Gasteiger partial charge in [0.2, 0.25) is 17.6 Å². The molecule has 1 amide bonds. The quantitative estimate of drug-likeness (QED) is 0.702. The summed E-state index contributed by atoms with van der Waals surface area (Å²) in [5, 5.41) is 6.77. The molecule has 0 unspecified atom stereocenters. The van der Waals surface area contributed by atoms with Crippen LogP contribution in [0.25, 0.3) is 11.6 Å². The van der Waals surface area contributed by atoms with E-state index in [1.165, 1.54) is 5.69 Å². The molecule has 1 saturated heterocycles. The van der Waals surface area contributed by atoms with Gasteiger partial charge in [0.25, 0.3) is 0 Å². The topological polar surface area (TPSA) is 87.6 Å². The monoisotopic (exact) mass is 381 g/mol. The summed E-state index contributed by atoms with van der Waals surface area (Å²) in [6.07, 6.45) is 2.19. The molecule has 0 aliphatic carbocycles. The first-order valence-corrected chi connectivity index (χ1v) is 9.37. The van der Waals surface area contributed by atoms with Gasteiger partial charge < -0.3 is 24.1 Å². The highest BCUT2D eigenvalue weighted by molar-refractivity contribution is 5.90. The zero-order chi connectivity index (χ0) is 19.3. The van der Waals surface area contributed by atoms with Crippen LogP contribution in [0, 0.1) is 0 Å². The minimum atomic E-state index is -0.0925. The molecule has 0 radical (unpaired) electrons. The molecular formula is C20H23N5O3. The first-order valence-electron chi connectivity index (χ1n) is 9.37. The number of benzene rings is 1. The van der Waals surface area contributed by atoms with Gasteiger partial charge in [-0.2, -0.15) is 4.98 Å². The molecule has 146 valence electrons. The molecule has 1 fully saturated rings. The fraction of sp³-hybridized carbons (Fsp3) is 0.350. The van der Waals surface area contributed by atoms with E-state index in [1.807, 2.05) is 12.1 Å². The number of hydrogen-bond acceptors (Lipinski definition) is 7. The predicted molar refractivity (Wildman–Crippen MR) is 105 cm³/mol. The largest absolute Gasteiger partial charge is 0.461 e. The van der Waals surface area contributed by atoms with Crippen molar-refractivity contribution in [2.24, 2.45) is 0 Å². The van der Waals surface area contributed by atoms with Crippen LogP contribution in [-0.2, 0) is 11.2 Å². The van der Waals surface area contributed by atoms with Crippen LogP contribution in [-0.4, -0.2) is 54.2 Å². The molecule has 2 aromatic heterocycles. The van der Waals surface area contributed by atoms with Gasteiger partial charge in [0, 0.05) is 50.4 Å². The maximum Gasteiger partial charge on any atom is 0.238 e. The predicted octanol–water partition coefficient (Wildman–Crippen LogP) is 2.65. The maximum atomic E-state index is 12.2. The van der Waals surface area contributed by atoms with Crippen molar-refractivity contribution in [1.82, 2.24) is 15.0 Å². The van der Waals surface area contributed by atoms with E-state index >= 15 is 0 Å². The third kappa shape index (κ3) is 4.40. The SMILES string of the molecule is CN1CCN(c2ccc(NC(=O)CCc3nc(-c4ccco4)no3)cc2)CC1. The molecule has 3 aromatic rings. The Hall–Kier alpha value is -3.13. The smallest absolute Gasteiger partial charge is 0.238 e. The Bertz CT molecular complexity index is 896. The summed E-state index contributed by atoms with van der Waals surface area (Å²) in [5.74, 6) is 1.25. The Morgan fingerprint density at radius 2 is 1.93 bits per heavy atom. The summed E-state index contributed by atoms with van der Waals surface area (Å²) in [7, 11) is 2.14. The van der Waals surface area contributed by atoms with Gasteiger partial charge in [-0.1, -0.05) is 5.16 Å². The molecule has 0 saturated carbocycles. The van der Waals surface area contributed by atoms with Crippen molar-refractivity contribution in [1.29, 1.82) is 0 Å². The van der Waals surface area contributed by atoms with Crippen molar-refractivity contribution in [2.45, 2.75) is 12.8 Å². The van der Waals surface area contributed by atoms with E-state index in [0.29, 0.717) is 23.9 Å². The summed E-state index contributed by atoms with van der Waals surface area (Å²) < 4.78 is 10.4. The Labute approximate surface area is 163 Å². The summed E-state index contributed by atoms with van der Waals surface area (Å²) in [6, 6.07) is 11.5. The van der Waals surface area contributed by atoms with E-state index in [-0.39, 0.29) is 12.3 Å². The molecule has 1 N–H and O–H groups in total. The summed E-state index contributed by atoms with van der Waals surface area (Å²) in [6.45, 7) is 4.17. The number of rotatable bonds is 6. The van der Waals surface area contributed by atoms with E-state index in [2.05, 4.69) is 44.4 Å². The lowest BCUT2D eigenvalue weighted by molar-refractivity contribution is -0.116. The molecule has 1 aliphatic rings. The van der Waals surface area contributed by atoms with Crippen LogP contribution in [0.1, 0.15) is 12.3 Å². The highest BCUT2D eigenvalue weighted by Crippen LogP contribution is 2.20. The van der Waals surface area contributed by atoms with Gasteiger partial charge >= 0.3 is 0 Å². The summed E-state index contributed by atoms with van der Waals surface area (Å²) in [4.78, 5) is 21.1. The zero-order valence-electron chi connectivity index (χ0n) is 15.8. The normalized spacial score (nSPS) is 15.0. The van der Waals surface area contributed by atoms with Gasteiger partial charge in [0.05, 0.1) is 6.26 Å². The molecule has 8 nitrogen and oxygen atoms in total. The highest BCUT2D eigenvalue weighted by Gasteiger charge is 2.15. The number of carbonyl (C=O) groups excluding carboxylic acids is 1. The number of furan rings is 1. The number of hydrogen-bond donors (Lipinski definition) is 1. The fourth-order valence-corrected chi connectivity index (χ4v) is 3.13. The molecule has 3 heterocycles. The molecule has 4 rings (SSSR count). The fourth-order valence-electron chi connectivity index (χ4n) is 3.13. The lowest BCUT2D eigenvalue weighted by Gasteiger charge is -2.34. The number of aryl methyl sites for hydroxylation is 1. The number of anilines is 2. The number of likely N-dealkylation sites (N-methyl/N-ethyl adjacent to an activating group) is 1. The van der Waals surface area contributed by atoms with E-state index in [4.69, 9.17) is 8.94 Å². The maximum absolute atomic E-state index is 12.2. The van der Waals surface area contributed by atoms with Gasteiger partial charge in [-0.15, -0.1) is 0 Å². The standard InChI is InChI=1S/C20H23N5O3/c1-24-10-12-25(13-11-24)16-6-4-15(5-7-16)21-18(26)8-9-19-22-20(23-28-19)17-3-2-14-27-17/h2-7,14H,8-13H2,1H3,(H,21,26). The molecule has 8 heteroatoms. The molecule has 0 bridgehead atoms. The van der Waals surface area contributed by atoms with Crippen LogP contribution < -0.4 is 10.2 Å². The zero-order valence-corrected chi connectivity index (χ0v) is 15.8. The van der Waals surface area contributed by atoms with Gasteiger partial charge in [-0.05, 0) is 43.4 Å². The molecular weight excluding hydrogens is 358 g/mol. The summed E-state index contributed by atoms with van der Waals surface area (Å²) in [5.41, 5.74) is 1.96. The summed E-state index contributed by atoms with van der Waals surface area (Å²) >= 11 is 0. The van der Waals surface area contributed by atoms with Crippen molar-refractivity contribution in [3.8, 4) is 11.6 Å². The second-order valence-corrected chi connectivity index (χ2v) is 6.87. The van der Waals surface area contributed by atoms with Crippen molar-refractivity contribution in [3.05, 3.63) is 48.6 Å². The highest BCUT2D eigenvalue weighted by atomic mass is 16.5. The third-order valence-electron chi connectivity index (χ3n) is 4.80. The number of nitrogens with one attached hydrogen (secondary N) is 1. The second-order valence-electron chi connectivity index (χ2n) is 6.87. The average molecular weight is 381 g/mol. The van der Waals surface area contributed by atoms with Crippen LogP contribution in [0.4, 0.5) is 11.4 Å². The van der Waals surface area contributed by atoms with Crippen molar-refractivity contribution < 1.29 is 13.7 Å². The minimum absolute atomic E-state index is 0.0925. The number of aromatic nitrogens is 2. The third-order valence-corrected chi connectivity index (χ3v) is 4.80. The van der Waals surface area contributed by atoms with Crippen LogP contribution in [0.15, 0.2) is 51.6 Å². The lowest BCUT2D eigenvalue weighted by atomic mass is 10.2. The van der Waals surface area contributed by atoms with E-state index < -0.39 is 0 Å². The van der Waals surface area contributed by atoms with E-state index in [0.717, 1.165) is 31.9 Å². The first-order chi connectivity index (χ1) is 13.7. The second kappa shape index (κ2) is 8.26. The molecule has 0 spiro atoms. The van der Waals surface area contributed by atoms with Gasteiger partial charge in [-0.3, -0.25) is 4.79 Å². The van der Waals surface area contributed by atoms with Gasteiger partial charge in [-0.25, -0.2) is 0 Å².